The third kappa shape index (κ3) is 1.53. The Labute approximate surface area is 104 Å². The number of rotatable bonds is 1. The fraction of sp³-hybridized carbons (Fsp3) is 0.286. The summed E-state index contributed by atoms with van der Waals surface area (Å²) in [5.41, 5.74) is 9.18. The first kappa shape index (κ1) is 11.0. The molecule has 4 nitrogen and oxygen atoms in total. The second-order valence-corrected chi connectivity index (χ2v) is 4.69. The minimum atomic E-state index is -0.806. The third-order valence-electron chi connectivity index (χ3n) is 3.60. The zero-order valence-corrected chi connectivity index (χ0v) is 9.89. The summed E-state index contributed by atoms with van der Waals surface area (Å²) in [5.74, 6) is -1.31. The van der Waals surface area contributed by atoms with Crippen molar-refractivity contribution >= 4 is 22.6 Å². The van der Waals surface area contributed by atoms with Crippen LogP contribution in [0.25, 0.3) is 10.9 Å². The monoisotopic (exact) mass is 242 g/mol. The first-order chi connectivity index (χ1) is 8.68. The number of para-hydroxylation sites is 1. The molecule has 1 aromatic heterocycles. The summed E-state index contributed by atoms with van der Waals surface area (Å²) in [6.07, 6.45) is 2.31. The van der Waals surface area contributed by atoms with E-state index < -0.39 is 11.9 Å². The van der Waals surface area contributed by atoms with Crippen LogP contribution in [0.3, 0.4) is 0 Å². The van der Waals surface area contributed by atoms with Gasteiger partial charge in [-0.15, -0.1) is 0 Å². The number of carbonyl (C=O) groups is 1. The average Bonchev–Trinajstić information content (AvgIpc) is 2.38. The van der Waals surface area contributed by atoms with Gasteiger partial charge in [-0.1, -0.05) is 18.2 Å². The van der Waals surface area contributed by atoms with Gasteiger partial charge in [0.25, 0.3) is 0 Å². The molecule has 0 fully saturated rings. The lowest BCUT2D eigenvalue weighted by Crippen LogP contribution is -2.21. The molecule has 0 saturated heterocycles. The van der Waals surface area contributed by atoms with Gasteiger partial charge in [-0.2, -0.15) is 0 Å². The van der Waals surface area contributed by atoms with Crippen LogP contribution in [0.1, 0.15) is 30.0 Å². The molecule has 4 heteroatoms. The van der Waals surface area contributed by atoms with Gasteiger partial charge in [0.1, 0.15) is 0 Å². The van der Waals surface area contributed by atoms with Crippen molar-refractivity contribution in [1.82, 2.24) is 4.98 Å². The number of aromatic nitrogens is 1. The van der Waals surface area contributed by atoms with E-state index in [0.29, 0.717) is 12.1 Å². The van der Waals surface area contributed by atoms with Gasteiger partial charge in [0.15, 0.2) is 0 Å². The van der Waals surface area contributed by atoms with Crippen LogP contribution < -0.4 is 5.73 Å². The number of aliphatic carboxylic acids is 1. The average molecular weight is 242 g/mol. The van der Waals surface area contributed by atoms with E-state index in [9.17, 15) is 9.90 Å². The summed E-state index contributed by atoms with van der Waals surface area (Å²) in [6.45, 7) is 0. The van der Waals surface area contributed by atoms with Crippen molar-refractivity contribution in [3.63, 3.8) is 0 Å². The molecule has 1 unspecified atom stereocenters. The van der Waals surface area contributed by atoms with Crippen LogP contribution in [0.15, 0.2) is 24.3 Å². The van der Waals surface area contributed by atoms with Crippen molar-refractivity contribution in [2.24, 2.45) is 0 Å². The fourth-order valence-electron chi connectivity index (χ4n) is 2.75. The normalized spacial score (nSPS) is 18.6. The Morgan fingerprint density at radius 3 is 2.94 bits per heavy atom. The van der Waals surface area contributed by atoms with Crippen LogP contribution >= 0.6 is 0 Å². The lowest BCUT2D eigenvalue weighted by Gasteiger charge is -2.24. The highest BCUT2D eigenvalue weighted by Gasteiger charge is 2.30. The zero-order chi connectivity index (χ0) is 12.7. The molecule has 18 heavy (non-hydrogen) atoms. The van der Waals surface area contributed by atoms with Crippen molar-refractivity contribution in [2.45, 2.75) is 25.2 Å². The summed E-state index contributed by atoms with van der Waals surface area (Å²) < 4.78 is 0. The molecular formula is C14H14N2O2. The number of nitrogen functional groups attached to an aromatic ring is 1. The van der Waals surface area contributed by atoms with Crippen LogP contribution in [0.4, 0.5) is 5.69 Å². The maximum absolute atomic E-state index is 11.3. The molecule has 1 heterocycles. The fourth-order valence-corrected chi connectivity index (χ4v) is 2.75. The summed E-state index contributed by atoms with van der Waals surface area (Å²) in [7, 11) is 0. The van der Waals surface area contributed by atoms with Crippen molar-refractivity contribution in [1.29, 1.82) is 0 Å². The van der Waals surface area contributed by atoms with Gasteiger partial charge in [-0.05, 0) is 25.3 Å². The first-order valence-corrected chi connectivity index (χ1v) is 6.08. The van der Waals surface area contributed by atoms with Crippen molar-refractivity contribution in [3.8, 4) is 0 Å². The standard InChI is InChI=1S/C14H14N2O2/c15-13-8-4-1-2-6-10(8)16-11-7-3-5-9(12(11)13)14(17)18/h1-2,4,6,9H,3,5,7H2,(H2,15,16)(H,17,18). The third-order valence-corrected chi connectivity index (χ3v) is 3.60. The number of hydrogen-bond acceptors (Lipinski definition) is 3. The van der Waals surface area contributed by atoms with Crippen LogP contribution in [0.5, 0.6) is 0 Å². The smallest absolute Gasteiger partial charge is 0.311 e. The Balaban J connectivity index is 2.32. The molecule has 92 valence electrons. The summed E-state index contributed by atoms with van der Waals surface area (Å²) in [4.78, 5) is 15.9. The largest absolute Gasteiger partial charge is 0.481 e. The van der Waals surface area contributed by atoms with E-state index in [4.69, 9.17) is 5.73 Å². The number of nitrogens with two attached hydrogens (primary N) is 1. The number of nitrogens with zero attached hydrogens (tertiary/aromatic N) is 1. The Kier molecular flexibility index (Phi) is 2.44. The van der Waals surface area contributed by atoms with E-state index in [1.165, 1.54) is 0 Å². The molecule has 3 N–H and O–H groups in total. The predicted molar refractivity (Wildman–Crippen MR) is 69.5 cm³/mol. The van der Waals surface area contributed by atoms with E-state index in [1.807, 2.05) is 24.3 Å². The summed E-state index contributed by atoms with van der Waals surface area (Å²) in [5, 5.41) is 10.1. The summed E-state index contributed by atoms with van der Waals surface area (Å²) >= 11 is 0. The maximum Gasteiger partial charge on any atom is 0.311 e. The van der Waals surface area contributed by atoms with Crippen molar-refractivity contribution < 1.29 is 9.90 Å². The molecule has 0 bridgehead atoms. The zero-order valence-electron chi connectivity index (χ0n) is 9.89. The molecule has 1 atom stereocenters. The highest BCUT2D eigenvalue weighted by molar-refractivity contribution is 5.94. The van der Waals surface area contributed by atoms with Gasteiger partial charge in [-0.25, -0.2) is 0 Å². The number of hydrogen-bond donors (Lipinski definition) is 2. The molecule has 1 aliphatic carbocycles. The first-order valence-electron chi connectivity index (χ1n) is 6.08. The highest BCUT2D eigenvalue weighted by Crippen LogP contribution is 2.38. The lowest BCUT2D eigenvalue weighted by atomic mass is 9.83. The minimum absolute atomic E-state index is 0.508. The molecule has 2 aromatic rings. The molecule has 0 aliphatic heterocycles. The van der Waals surface area contributed by atoms with Gasteiger partial charge >= 0.3 is 5.97 Å². The second kappa shape index (κ2) is 3.98. The topological polar surface area (TPSA) is 76.2 Å². The number of carboxylic acid groups (broad SMARTS) is 1. The second-order valence-electron chi connectivity index (χ2n) is 4.69. The van der Waals surface area contributed by atoms with E-state index in [0.717, 1.165) is 35.0 Å². The molecule has 1 aromatic carbocycles. The maximum atomic E-state index is 11.3. The molecular weight excluding hydrogens is 228 g/mol. The molecule has 0 spiro atoms. The Morgan fingerprint density at radius 2 is 2.17 bits per heavy atom. The Morgan fingerprint density at radius 1 is 1.39 bits per heavy atom. The molecule has 0 amide bonds. The van der Waals surface area contributed by atoms with Gasteiger partial charge in [-0.3, -0.25) is 9.78 Å². The summed E-state index contributed by atoms with van der Waals surface area (Å²) in [6, 6.07) is 7.62. The van der Waals surface area contributed by atoms with E-state index in [1.54, 1.807) is 0 Å². The van der Waals surface area contributed by atoms with Crippen molar-refractivity contribution in [3.05, 3.63) is 35.5 Å². The SMILES string of the molecule is Nc1c2c(nc3ccccc13)CCCC2C(=O)O. The number of fused-ring (bicyclic) bond motifs is 2. The predicted octanol–water partition coefficient (Wildman–Crippen LogP) is 2.32. The quantitative estimate of drug-likeness (QED) is 0.804. The van der Waals surface area contributed by atoms with Gasteiger partial charge in [0, 0.05) is 22.3 Å². The van der Waals surface area contributed by atoms with Crippen LogP contribution in [0, 0.1) is 0 Å². The van der Waals surface area contributed by atoms with E-state index in [2.05, 4.69) is 4.98 Å². The van der Waals surface area contributed by atoms with Crippen molar-refractivity contribution in [2.75, 3.05) is 5.73 Å². The Hall–Kier alpha value is -2.10. The van der Waals surface area contributed by atoms with Gasteiger partial charge in [0.05, 0.1) is 11.4 Å². The number of carboxylic acids is 1. The number of benzene rings is 1. The number of aryl methyl sites for hydroxylation is 1. The lowest BCUT2D eigenvalue weighted by molar-refractivity contribution is -0.139. The number of anilines is 1. The number of pyridine rings is 1. The Bertz CT molecular complexity index is 637. The van der Waals surface area contributed by atoms with Crippen LogP contribution in [0.2, 0.25) is 0 Å². The van der Waals surface area contributed by atoms with Crippen LogP contribution in [-0.2, 0) is 11.2 Å². The minimum Gasteiger partial charge on any atom is -0.481 e. The van der Waals surface area contributed by atoms with Gasteiger partial charge in [0.2, 0.25) is 0 Å². The van der Waals surface area contributed by atoms with Crippen LogP contribution in [-0.4, -0.2) is 16.1 Å². The molecule has 0 saturated carbocycles. The van der Waals surface area contributed by atoms with E-state index in [-0.39, 0.29) is 0 Å². The van der Waals surface area contributed by atoms with E-state index >= 15 is 0 Å². The molecule has 0 radical (unpaired) electrons. The van der Waals surface area contributed by atoms with Gasteiger partial charge < -0.3 is 10.8 Å². The molecule has 1 aliphatic rings. The highest BCUT2D eigenvalue weighted by atomic mass is 16.4. The molecule has 3 rings (SSSR count).